The zero-order valence-electron chi connectivity index (χ0n) is 12.7. The highest BCUT2D eigenvalue weighted by Gasteiger charge is 2.60. The molecule has 0 aliphatic carbocycles. The Labute approximate surface area is 130 Å². The highest BCUT2D eigenvalue weighted by molar-refractivity contribution is 5.92. The molecule has 0 fully saturated rings. The Balaban J connectivity index is 3.21. The summed E-state index contributed by atoms with van der Waals surface area (Å²) in [5.41, 5.74) is -1.55. The Bertz CT molecular complexity index is 577. The van der Waals surface area contributed by atoms with Gasteiger partial charge in [-0.1, -0.05) is 13.8 Å². The molecule has 128 valence electrons. The minimum absolute atomic E-state index is 0.0301. The molecule has 1 rings (SSSR count). The molecule has 0 atom stereocenters. The maximum absolute atomic E-state index is 13.6. The van der Waals surface area contributed by atoms with E-state index in [1.165, 1.54) is 45.2 Å². The first-order valence-electron chi connectivity index (χ1n) is 6.60. The summed E-state index contributed by atoms with van der Waals surface area (Å²) in [5, 5.41) is 1.98. The first-order valence-corrected chi connectivity index (χ1v) is 6.60. The number of ether oxygens (including phenoxy) is 1. The predicted octanol–water partition coefficient (Wildman–Crippen LogP) is 4.41. The fourth-order valence-electron chi connectivity index (χ4n) is 1.50. The topological polar surface area (TPSA) is 38.3 Å². The Kier molecular flexibility index (Phi) is 5.74. The molecule has 0 heterocycles. The molecular formula is C15H16F5NO2. The van der Waals surface area contributed by atoms with Gasteiger partial charge in [0, 0.05) is 17.7 Å². The van der Waals surface area contributed by atoms with Crippen LogP contribution in [0.4, 0.5) is 27.6 Å². The third kappa shape index (κ3) is 4.67. The summed E-state index contributed by atoms with van der Waals surface area (Å²) in [6, 6.07) is 5.30. The smallest absolute Gasteiger partial charge is 0.459 e. The van der Waals surface area contributed by atoms with Gasteiger partial charge in [-0.15, -0.1) is 0 Å². The average Bonchev–Trinajstić information content (AvgIpc) is 2.45. The third-order valence-electron chi connectivity index (χ3n) is 2.92. The minimum Gasteiger partial charge on any atom is -0.497 e. The Morgan fingerprint density at radius 1 is 1.13 bits per heavy atom. The molecule has 0 bridgehead atoms. The van der Waals surface area contributed by atoms with Crippen LogP contribution < -0.4 is 10.1 Å². The lowest BCUT2D eigenvalue weighted by atomic mass is 10.1. The van der Waals surface area contributed by atoms with E-state index in [0.717, 1.165) is 0 Å². The van der Waals surface area contributed by atoms with Crippen LogP contribution in [0.5, 0.6) is 5.75 Å². The fraction of sp³-hybridized carbons (Fsp3) is 0.400. The van der Waals surface area contributed by atoms with Crippen molar-refractivity contribution in [1.82, 2.24) is 0 Å². The van der Waals surface area contributed by atoms with E-state index in [-0.39, 0.29) is 5.69 Å². The molecule has 0 aliphatic heterocycles. The van der Waals surface area contributed by atoms with Crippen LogP contribution in [-0.4, -0.2) is 25.0 Å². The fourth-order valence-corrected chi connectivity index (χ4v) is 1.50. The lowest BCUT2D eigenvalue weighted by Gasteiger charge is -2.24. The van der Waals surface area contributed by atoms with Crippen molar-refractivity contribution in [3.8, 4) is 5.75 Å². The number of carbonyl (C=O) groups is 1. The molecule has 1 N–H and O–H groups in total. The van der Waals surface area contributed by atoms with Gasteiger partial charge in [0.2, 0.25) is 0 Å². The lowest BCUT2D eigenvalue weighted by Crippen LogP contribution is -2.41. The number of benzene rings is 1. The highest BCUT2D eigenvalue weighted by Crippen LogP contribution is 2.41. The molecule has 0 spiro atoms. The number of rotatable bonds is 6. The zero-order chi connectivity index (χ0) is 17.8. The average molecular weight is 337 g/mol. The second-order valence-electron chi connectivity index (χ2n) is 5.04. The number of ketones is 1. The van der Waals surface area contributed by atoms with Crippen molar-refractivity contribution >= 4 is 11.5 Å². The summed E-state index contributed by atoms with van der Waals surface area (Å²) in [6.07, 6.45) is -5.53. The molecule has 0 saturated carbocycles. The van der Waals surface area contributed by atoms with Gasteiger partial charge in [0.05, 0.1) is 12.8 Å². The predicted molar refractivity (Wildman–Crippen MR) is 75.5 cm³/mol. The molecule has 0 radical (unpaired) electrons. The van der Waals surface area contributed by atoms with Crippen LogP contribution in [0.15, 0.2) is 36.0 Å². The van der Waals surface area contributed by atoms with Crippen molar-refractivity contribution in [2.75, 3.05) is 12.4 Å². The van der Waals surface area contributed by atoms with Gasteiger partial charge in [-0.05, 0) is 24.3 Å². The van der Waals surface area contributed by atoms with Crippen molar-refractivity contribution in [2.45, 2.75) is 25.9 Å². The standard InChI is InChI=1S/C15H16F5NO2/c1-9(2)12(22)8-13(14(16,17)15(18,19)20)21-10-4-6-11(23-3)7-5-10/h4-9,21H,1-3H3/b13-8-. The number of halogens is 5. The molecule has 8 heteroatoms. The van der Waals surface area contributed by atoms with Crippen LogP contribution in [0, 0.1) is 5.92 Å². The van der Waals surface area contributed by atoms with Gasteiger partial charge in [0.15, 0.2) is 5.78 Å². The van der Waals surface area contributed by atoms with Crippen molar-refractivity contribution < 1.29 is 31.5 Å². The summed E-state index contributed by atoms with van der Waals surface area (Å²) in [7, 11) is 1.38. The Morgan fingerprint density at radius 3 is 2.04 bits per heavy atom. The summed E-state index contributed by atoms with van der Waals surface area (Å²) >= 11 is 0. The number of nitrogens with one attached hydrogen (secondary N) is 1. The minimum atomic E-state index is -5.82. The second kappa shape index (κ2) is 6.97. The van der Waals surface area contributed by atoms with Crippen LogP contribution >= 0.6 is 0 Å². The first-order chi connectivity index (χ1) is 10.5. The molecule has 23 heavy (non-hydrogen) atoms. The van der Waals surface area contributed by atoms with Crippen LogP contribution in [0.1, 0.15) is 13.8 Å². The lowest BCUT2D eigenvalue weighted by molar-refractivity contribution is -0.263. The van der Waals surface area contributed by atoms with E-state index in [1.54, 1.807) is 0 Å². The number of hydrogen-bond donors (Lipinski definition) is 1. The number of hydrogen-bond acceptors (Lipinski definition) is 3. The maximum atomic E-state index is 13.6. The summed E-state index contributed by atoms with van der Waals surface area (Å²) in [5.74, 6) is -6.34. The molecular weight excluding hydrogens is 321 g/mol. The van der Waals surface area contributed by atoms with Crippen LogP contribution in [-0.2, 0) is 4.79 Å². The molecule has 0 aliphatic rings. The van der Waals surface area contributed by atoms with E-state index in [9.17, 15) is 26.7 Å². The molecule has 0 amide bonds. The molecule has 1 aromatic rings. The molecule has 1 aromatic carbocycles. The quantitative estimate of drug-likeness (QED) is 0.617. The van der Waals surface area contributed by atoms with Gasteiger partial charge in [0.1, 0.15) is 5.75 Å². The van der Waals surface area contributed by atoms with E-state index in [0.29, 0.717) is 11.8 Å². The van der Waals surface area contributed by atoms with Gasteiger partial charge in [-0.25, -0.2) is 0 Å². The van der Waals surface area contributed by atoms with E-state index in [2.05, 4.69) is 0 Å². The SMILES string of the molecule is COc1ccc(N/C(=C\C(=O)C(C)C)C(F)(F)C(F)(F)F)cc1. The van der Waals surface area contributed by atoms with Gasteiger partial charge in [-0.3, -0.25) is 4.79 Å². The van der Waals surface area contributed by atoms with Crippen molar-refractivity contribution in [1.29, 1.82) is 0 Å². The van der Waals surface area contributed by atoms with E-state index >= 15 is 0 Å². The van der Waals surface area contributed by atoms with Crippen molar-refractivity contribution in [3.05, 3.63) is 36.0 Å². The second-order valence-corrected chi connectivity index (χ2v) is 5.04. The number of allylic oxidation sites excluding steroid dienone is 2. The number of alkyl halides is 5. The van der Waals surface area contributed by atoms with Crippen LogP contribution in [0.2, 0.25) is 0 Å². The Hall–Kier alpha value is -2.12. The van der Waals surface area contributed by atoms with Crippen molar-refractivity contribution in [3.63, 3.8) is 0 Å². The van der Waals surface area contributed by atoms with Gasteiger partial charge in [-0.2, -0.15) is 22.0 Å². The largest absolute Gasteiger partial charge is 0.497 e. The Morgan fingerprint density at radius 2 is 1.65 bits per heavy atom. The van der Waals surface area contributed by atoms with E-state index < -0.39 is 29.5 Å². The number of carbonyl (C=O) groups excluding carboxylic acids is 1. The normalized spacial score (nSPS) is 13.2. The van der Waals surface area contributed by atoms with Gasteiger partial charge in [0.25, 0.3) is 0 Å². The van der Waals surface area contributed by atoms with Crippen LogP contribution in [0.3, 0.4) is 0 Å². The third-order valence-corrected chi connectivity index (χ3v) is 2.92. The van der Waals surface area contributed by atoms with Gasteiger partial charge < -0.3 is 10.1 Å². The molecule has 0 saturated heterocycles. The maximum Gasteiger partial charge on any atom is 0.459 e. The monoisotopic (exact) mass is 337 g/mol. The molecule has 0 aromatic heterocycles. The van der Waals surface area contributed by atoms with Crippen molar-refractivity contribution in [2.24, 2.45) is 5.92 Å². The first kappa shape index (κ1) is 18.9. The van der Waals surface area contributed by atoms with Crippen LogP contribution in [0.25, 0.3) is 0 Å². The summed E-state index contributed by atoms with van der Waals surface area (Å²) in [6.45, 7) is 2.80. The molecule has 0 unspecified atom stereocenters. The van der Waals surface area contributed by atoms with E-state index in [1.807, 2.05) is 5.32 Å². The van der Waals surface area contributed by atoms with Gasteiger partial charge >= 0.3 is 12.1 Å². The zero-order valence-corrected chi connectivity index (χ0v) is 12.7. The highest BCUT2D eigenvalue weighted by atomic mass is 19.4. The number of anilines is 1. The summed E-state index contributed by atoms with van der Waals surface area (Å²) in [4.78, 5) is 11.6. The number of methoxy groups -OCH3 is 1. The van der Waals surface area contributed by atoms with E-state index in [4.69, 9.17) is 4.74 Å². The summed E-state index contributed by atoms with van der Waals surface area (Å²) < 4.78 is 69.9. The molecule has 3 nitrogen and oxygen atoms in total.